The number of carbonyl (C=O) groups is 3. The molecule has 1 atom stereocenters. The van der Waals surface area contributed by atoms with Crippen LogP contribution >= 0.6 is 0 Å². The van der Waals surface area contributed by atoms with Crippen LogP contribution in [0.4, 0.5) is 4.79 Å². The second-order valence-electron chi connectivity index (χ2n) is 6.42. The van der Waals surface area contributed by atoms with Crippen molar-refractivity contribution in [3.63, 3.8) is 0 Å². The van der Waals surface area contributed by atoms with Crippen LogP contribution in [0.25, 0.3) is 0 Å². The van der Waals surface area contributed by atoms with E-state index in [1.54, 1.807) is 6.92 Å². The molecular formula is C19H29N3O4. The lowest BCUT2D eigenvalue weighted by Crippen LogP contribution is -2.41. The number of carbonyl (C=O) groups excluding carboxylic acids is 2. The number of benzene rings is 1. The van der Waals surface area contributed by atoms with Crippen LogP contribution in [-0.4, -0.2) is 42.1 Å². The van der Waals surface area contributed by atoms with E-state index in [1.165, 1.54) is 0 Å². The molecule has 0 radical (unpaired) electrons. The fourth-order valence-corrected chi connectivity index (χ4v) is 2.32. The van der Waals surface area contributed by atoms with Gasteiger partial charge >= 0.3 is 12.0 Å². The van der Waals surface area contributed by atoms with Gasteiger partial charge in [0.1, 0.15) is 0 Å². The molecule has 0 heterocycles. The van der Waals surface area contributed by atoms with Crippen LogP contribution in [0.1, 0.15) is 54.9 Å². The number of carboxylic acids is 1. The topological polar surface area (TPSA) is 108 Å². The van der Waals surface area contributed by atoms with E-state index in [9.17, 15) is 14.4 Å². The van der Waals surface area contributed by atoms with Crippen molar-refractivity contribution in [3.8, 4) is 0 Å². The summed E-state index contributed by atoms with van der Waals surface area (Å²) in [6.07, 6.45) is 3.00. The largest absolute Gasteiger partial charge is 0.481 e. The third-order valence-corrected chi connectivity index (χ3v) is 3.91. The number of amides is 3. The Labute approximate surface area is 154 Å². The summed E-state index contributed by atoms with van der Waals surface area (Å²) in [5.74, 6) is -0.939. The summed E-state index contributed by atoms with van der Waals surface area (Å²) in [7, 11) is 0. The highest BCUT2D eigenvalue weighted by atomic mass is 16.4. The van der Waals surface area contributed by atoms with Gasteiger partial charge in [-0.1, -0.05) is 17.7 Å². The third kappa shape index (κ3) is 9.66. The molecule has 1 aromatic carbocycles. The molecule has 3 amide bonds. The van der Waals surface area contributed by atoms with E-state index in [4.69, 9.17) is 5.11 Å². The third-order valence-electron chi connectivity index (χ3n) is 3.91. The lowest BCUT2D eigenvalue weighted by Gasteiger charge is -2.13. The number of carboxylic acid groups (broad SMARTS) is 1. The van der Waals surface area contributed by atoms with Gasteiger partial charge in [-0.05, 0) is 51.7 Å². The fourth-order valence-electron chi connectivity index (χ4n) is 2.32. The Morgan fingerprint density at radius 3 is 2.23 bits per heavy atom. The highest BCUT2D eigenvalue weighted by Gasteiger charge is 2.08. The van der Waals surface area contributed by atoms with Crippen molar-refractivity contribution >= 4 is 17.9 Å². The van der Waals surface area contributed by atoms with Crippen molar-refractivity contribution in [2.45, 2.75) is 52.0 Å². The zero-order valence-corrected chi connectivity index (χ0v) is 15.5. The molecule has 1 aromatic rings. The Balaban J connectivity index is 2.03. The summed E-state index contributed by atoms with van der Waals surface area (Å²) < 4.78 is 0. The van der Waals surface area contributed by atoms with Crippen molar-refractivity contribution in [1.29, 1.82) is 0 Å². The van der Waals surface area contributed by atoms with Crippen LogP contribution in [0, 0.1) is 6.92 Å². The maximum absolute atomic E-state index is 11.9. The average Bonchev–Trinajstić information content (AvgIpc) is 2.59. The second kappa shape index (κ2) is 11.9. The number of nitrogens with one attached hydrogen (secondary N) is 3. The van der Waals surface area contributed by atoms with Gasteiger partial charge < -0.3 is 21.1 Å². The summed E-state index contributed by atoms with van der Waals surface area (Å²) in [4.78, 5) is 34.0. The molecule has 7 heteroatoms. The maximum atomic E-state index is 11.9. The van der Waals surface area contributed by atoms with Gasteiger partial charge in [-0.15, -0.1) is 0 Å². The van der Waals surface area contributed by atoms with E-state index in [-0.39, 0.29) is 24.4 Å². The van der Waals surface area contributed by atoms with Gasteiger partial charge in [0.2, 0.25) is 0 Å². The van der Waals surface area contributed by atoms with Gasteiger partial charge in [-0.2, -0.15) is 0 Å². The van der Waals surface area contributed by atoms with Gasteiger partial charge in [0.05, 0.1) is 0 Å². The summed E-state index contributed by atoms with van der Waals surface area (Å²) in [5.41, 5.74) is 1.78. The first-order valence-electron chi connectivity index (χ1n) is 8.99. The molecule has 0 aromatic heterocycles. The summed E-state index contributed by atoms with van der Waals surface area (Å²) in [5, 5.41) is 16.9. The Hall–Kier alpha value is -2.57. The number of hydrogen-bond acceptors (Lipinski definition) is 3. The average molecular weight is 363 g/mol. The van der Waals surface area contributed by atoms with E-state index >= 15 is 0 Å². The highest BCUT2D eigenvalue weighted by Crippen LogP contribution is 2.03. The van der Waals surface area contributed by atoms with Crippen molar-refractivity contribution in [1.82, 2.24) is 16.0 Å². The zero-order chi connectivity index (χ0) is 19.4. The number of aliphatic carboxylic acids is 1. The van der Waals surface area contributed by atoms with Gasteiger partial charge in [0.25, 0.3) is 5.91 Å². The molecule has 144 valence electrons. The Morgan fingerprint density at radius 2 is 1.62 bits per heavy atom. The molecule has 0 aliphatic rings. The molecular weight excluding hydrogens is 334 g/mol. The Kier molecular flexibility index (Phi) is 9.82. The Morgan fingerprint density at radius 1 is 1.00 bits per heavy atom. The first-order valence-corrected chi connectivity index (χ1v) is 8.99. The van der Waals surface area contributed by atoms with Crippen molar-refractivity contribution < 1.29 is 19.5 Å². The Bertz CT molecular complexity index is 587. The SMILES string of the molecule is Cc1ccc(C(=O)NCCCCCNC(=O)N[C@H](C)CCC(=O)O)cc1. The van der Waals surface area contributed by atoms with Crippen LogP contribution in [-0.2, 0) is 4.79 Å². The molecule has 0 unspecified atom stereocenters. The summed E-state index contributed by atoms with van der Waals surface area (Å²) >= 11 is 0. The van der Waals surface area contributed by atoms with Crippen molar-refractivity contribution in [3.05, 3.63) is 35.4 Å². The molecule has 0 fully saturated rings. The fraction of sp³-hybridized carbons (Fsp3) is 0.526. The predicted molar refractivity (Wildman–Crippen MR) is 100 cm³/mol. The van der Waals surface area contributed by atoms with Crippen LogP contribution in [0.3, 0.4) is 0 Å². The van der Waals surface area contributed by atoms with Gasteiger partial charge in [0.15, 0.2) is 0 Å². The van der Waals surface area contributed by atoms with Crippen LogP contribution in [0.15, 0.2) is 24.3 Å². The van der Waals surface area contributed by atoms with Gasteiger partial charge in [-0.3, -0.25) is 9.59 Å². The zero-order valence-electron chi connectivity index (χ0n) is 15.5. The molecule has 0 bridgehead atoms. The van der Waals surface area contributed by atoms with E-state index in [2.05, 4.69) is 16.0 Å². The molecule has 1 rings (SSSR count). The minimum atomic E-state index is -0.867. The van der Waals surface area contributed by atoms with Crippen molar-refractivity contribution in [2.24, 2.45) is 0 Å². The second-order valence-corrected chi connectivity index (χ2v) is 6.42. The van der Waals surface area contributed by atoms with E-state index in [1.807, 2.05) is 31.2 Å². The van der Waals surface area contributed by atoms with E-state index < -0.39 is 5.97 Å². The highest BCUT2D eigenvalue weighted by molar-refractivity contribution is 5.94. The standard InChI is InChI=1S/C19H29N3O4/c1-14-6-9-16(10-7-14)18(25)20-12-4-3-5-13-21-19(26)22-15(2)8-11-17(23)24/h6-7,9-10,15H,3-5,8,11-13H2,1-2H3,(H,20,25)(H,23,24)(H2,21,22,26)/t15-/m1/s1. The van der Waals surface area contributed by atoms with E-state index in [0.717, 1.165) is 24.8 Å². The number of hydrogen-bond donors (Lipinski definition) is 4. The molecule has 0 spiro atoms. The maximum Gasteiger partial charge on any atom is 0.314 e. The molecule has 0 aliphatic heterocycles. The molecule has 7 nitrogen and oxygen atoms in total. The normalized spacial score (nSPS) is 11.5. The van der Waals surface area contributed by atoms with Crippen LogP contribution < -0.4 is 16.0 Å². The predicted octanol–water partition coefficient (Wildman–Crippen LogP) is 2.45. The first-order chi connectivity index (χ1) is 12.4. The minimum Gasteiger partial charge on any atom is -0.481 e. The monoisotopic (exact) mass is 363 g/mol. The van der Waals surface area contributed by atoms with Gasteiger partial charge in [0, 0.05) is 31.1 Å². The smallest absolute Gasteiger partial charge is 0.314 e. The lowest BCUT2D eigenvalue weighted by molar-refractivity contribution is -0.137. The summed E-state index contributed by atoms with van der Waals surface area (Å²) in [6.45, 7) is 4.90. The molecule has 0 saturated heterocycles. The van der Waals surface area contributed by atoms with Crippen molar-refractivity contribution in [2.75, 3.05) is 13.1 Å². The summed E-state index contributed by atoms with van der Waals surface area (Å²) in [6, 6.07) is 6.98. The number of rotatable bonds is 11. The molecule has 4 N–H and O–H groups in total. The van der Waals surface area contributed by atoms with E-state index in [0.29, 0.717) is 25.1 Å². The number of urea groups is 1. The quantitative estimate of drug-likeness (QED) is 0.453. The first kappa shape index (κ1) is 21.5. The molecule has 26 heavy (non-hydrogen) atoms. The number of aryl methyl sites for hydroxylation is 1. The van der Waals surface area contributed by atoms with Crippen LogP contribution in [0.2, 0.25) is 0 Å². The van der Waals surface area contributed by atoms with Gasteiger partial charge in [-0.25, -0.2) is 4.79 Å². The van der Waals surface area contributed by atoms with Crippen LogP contribution in [0.5, 0.6) is 0 Å². The minimum absolute atomic E-state index is 0.0375. The number of unbranched alkanes of at least 4 members (excludes halogenated alkanes) is 2. The molecule has 0 aliphatic carbocycles. The molecule has 0 saturated carbocycles. The lowest BCUT2D eigenvalue weighted by atomic mass is 10.1.